The predicted octanol–water partition coefficient (Wildman–Crippen LogP) is 3.47. The fourth-order valence-electron chi connectivity index (χ4n) is 3.51. The van der Waals surface area contributed by atoms with Gasteiger partial charge in [0.15, 0.2) is 5.78 Å². The van der Waals surface area contributed by atoms with Crippen LogP contribution in [0.5, 0.6) is 5.75 Å². The molecule has 1 heterocycles. The summed E-state index contributed by atoms with van der Waals surface area (Å²) in [5.74, 6) is 0.883. The van der Waals surface area contributed by atoms with E-state index in [9.17, 15) is 4.79 Å². The summed E-state index contributed by atoms with van der Waals surface area (Å²) in [4.78, 5) is 15.4. The number of nitrogens with zero attached hydrogens (tertiary/aromatic N) is 1. The van der Waals surface area contributed by atoms with Crippen LogP contribution in [0.3, 0.4) is 0 Å². The Bertz CT molecular complexity index is 783. The molecule has 0 spiro atoms. The van der Waals surface area contributed by atoms with Gasteiger partial charge in [0.25, 0.3) is 8.32 Å². The topological polar surface area (TPSA) is 38.8 Å². The standard InChI is InChI=1S/C22H29NO3Si/c1-22(2,23-13-15-25-16-14-23)21(24)18-9-8-10-19(17-18)26-27(3,4)20-11-6-5-7-12-20/h5-12,17H,13-16H2,1-4H3. The second-order valence-electron chi connectivity index (χ2n) is 7.99. The Balaban J connectivity index is 1.79. The SMILES string of the molecule is CC(C)(C(=O)c1cccc(O[Si](C)(C)c2ccccc2)c1)N1CCOCC1. The molecule has 2 aromatic rings. The number of hydrogen-bond donors (Lipinski definition) is 0. The molecule has 0 N–H and O–H groups in total. The molecule has 2 aromatic carbocycles. The van der Waals surface area contributed by atoms with Gasteiger partial charge in [-0.25, -0.2) is 0 Å². The zero-order chi connectivity index (χ0) is 19.5. The minimum Gasteiger partial charge on any atom is -0.540 e. The van der Waals surface area contributed by atoms with Crippen LogP contribution in [0.15, 0.2) is 54.6 Å². The zero-order valence-electron chi connectivity index (χ0n) is 16.7. The van der Waals surface area contributed by atoms with E-state index in [2.05, 4.69) is 30.1 Å². The fraction of sp³-hybridized carbons (Fsp3) is 0.409. The molecule has 0 aliphatic carbocycles. The van der Waals surface area contributed by atoms with Crippen molar-refractivity contribution in [3.63, 3.8) is 0 Å². The van der Waals surface area contributed by atoms with E-state index in [1.54, 1.807) is 0 Å². The van der Waals surface area contributed by atoms with E-state index in [4.69, 9.17) is 9.16 Å². The van der Waals surface area contributed by atoms with Crippen molar-refractivity contribution in [2.24, 2.45) is 0 Å². The maximum Gasteiger partial charge on any atom is 0.276 e. The summed E-state index contributed by atoms with van der Waals surface area (Å²) in [5.41, 5.74) is 0.135. The monoisotopic (exact) mass is 383 g/mol. The lowest BCUT2D eigenvalue weighted by molar-refractivity contribution is -0.00430. The average molecular weight is 384 g/mol. The molecular weight excluding hydrogens is 354 g/mol. The molecule has 0 radical (unpaired) electrons. The van der Waals surface area contributed by atoms with Crippen LogP contribution in [0.1, 0.15) is 24.2 Å². The normalized spacial score (nSPS) is 16.1. The summed E-state index contributed by atoms with van der Waals surface area (Å²) < 4.78 is 11.8. The summed E-state index contributed by atoms with van der Waals surface area (Å²) in [5, 5.41) is 1.23. The van der Waals surface area contributed by atoms with Gasteiger partial charge in [0.2, 0.25) is 0 Å². The number of Topliss-reactive ketones (excluding diaryl/α,β-unsaturated/α-hetero) is 1. The molecule has 1 fully saturated rings. The zero-order valence-corrected chi connectivity index (χ0v) is 17.7. The average Bonchev–Trinajstić information content (AvgIpc) is 2.68. The molecule has 144 valence electrons. The van der Waals surface area contributed by atoms with E-state index in [0.29, 0.717) is 18.8 Å². The van der Waals surface area contributed by atoms with Gasteiger partial charge in [-0.05, 0) is 44.3 Å². The lowest BCUT2D eigenvalue weighted by Crippen LogP contribution is -2.54. The number of carbonyl (C=O) groups excluding carboxylic acids is 1. The number of ether oxygens (including phenoxy) is 1. The molecule has 5 heteroatoms. The number of carbonyl (C=O) groups is 1. The van der Waals surface area contributed by atoms with Crippen LogP contribution < -0.4 is 9.61 Å². The van der Waals surface area contributed by atoms with Gasteiger partial charge in [-0.2, -0.15) is 0 Å². The molecule has 0 atom stereocenters. The summed E-state index contributed by atoms with van der Waals surface area (Å²) in [6.45, 7) is 11.3. The molecule has 27 heavy (non-hydrogen) atoms. The molecule has 0 unspecified atom stereocenters. The predicted molar refractivity (Wildman–Crippen MR) is 111 cm³/mol. The number of benzene rings is 2. The Morgan fingerprint density at radius 1 is 1.04 bits per heavy atom. The molecule has 4 nitrogen and oxygen atoms in total. The van der Waals surface area contributed by atoms with Gasteiger partial charge in [-0.1, -0.05) is 42.5 Å². The first-order valence-corrected chi connectivity index (χ1v) is 12.4. The first-order chi connectivity index (χ1) is 12.8. The van der Waals surface area contributed by atoms with E-state index < -0.39 is 13.9 Å². The number of morpholine rings is 1. The largest absolute Gasteiger partial charge is 0.540 e. The minimum atomic E-state index is -2.09. The van der Waals surface area contributed by atoms with Gasteiger partial charge in [-0.15, -0.1) is 0 Å². The van der Waals surface area contributed by atoms with Crippen molar-refractivity contribution in [3.05, 3.63) is 60.2 Å². The van der Waals surface area contributed by atoms with Gasteiger partial charge < -0.3 is 9.16 Å². The molecule has 1 aliphatic heterocycles. The molecule has 0 bridgehead atoms. The highest BCUT2D eigenvalue weighted by Crippen LogP contribution is 2.25. The Kier molecular flexibility index (Phi) is 5.84. The third-order valence-corrected chi connectivity index (χ3v) is 7.77. The quantitative estimate of drug-likeness (QED) is 0.566. The Morgan fingerprint density at radius 3 is 2.37 bits per heavy atom. The van der Waals surface area contributed by atoms with Crippen molar-refractivity contribution in [2.75, 3.05) is 26.3 Å². The van der Waals surface area contributed by atoms with Gasteiger partial charge in [0.1, 0.15) is 5.75 Å². The van der Waals surface area contributed by atoms with Crippen LogP contribution in [0.25, 0.3) is 0 Å². The van der Waals surface area contributed by atoms with Gasteiger partial charge in [0.05, 0.1) is 18.8 Å². The number of ketones is 1. The van der Waals surface area contributed by atoms with Crippen molar-refractivity contribution >= 4 is 19.3 Å². The summed E-state index contributed by atoms with van der Waals surface area (Å²) in [7, 11) is -2.09. The lowest BCUT2D eigenvalue weighted by Gasteiger charge is -2.39. The minimum absolute atomic E-state index is 0.119. The first-order valence-electron chi connectivity index (χ1n) is 9.53. The maximum atomic E-state index is 13.2. The van der Waals surface area contributed by atoms with E-state index in [1.807, 2.05) is 56.3 Å². The van der Waals surface area contributed by atoms with Crippen LogP contribution in [0.2, 0.25) is 13.1 Å². The van der Waals surface area contributed by atoms with Gasteiger partial charge in [0, 0.05) is 18.7 Å². The van der Waals surface area contributed by atoms with Crippen LogP contribution in [-0.4, -0.2) is 50.8 Å². The highest BCUT2D eigenvalue weighted by atomic mass is 28.4. The molecule has 1 saturated heterocycles. The molecule has 1 aliphatic rings. The van der Waals surface area contributed by atoms with E-state index in [1.165, 1.54) is 5.19 Å². The lowest BCUT2D eigenvalue weighted by atomic mass is 9.91. The van der Waals surface area contributed by atoms with Crippen molar-refractivity contribution in [1.82, 2.24) is 4.90 Å². The second-order valence-corrected chi connectivity index (χ2v) is 11.8. The molecular formula is C22H29NO3Si. The number of rotatable bonds is 6. The van der Waals surface area contributed by atoms with Crippen LogP contribution in [-0.2, 0) is 4.74 Å². The number of hydrogen-bond acceptors (Lipinski definition) is 4. The Morgan fingerprint density at radius 2 is 1.70 bits per heavy atom. The Labute approximate surface area is 163 Å². The third-order valence-electron chi connectivity index (χ3n) is 5.30. The third kappa shape index (κ3) is 4.49. The molecule has 0 amide bonds. The van der Waals surface area contributed by atoms with Crippen molar-refractivity contribution in [2.45, 2.75) is 32.5 Å². The van der Waals surface area contributed by atoms with Crippen molar-refractivity contribution < 1.29 is 14.0 Å². The summed E-state index contributed by atoms with van der Waals surface area (Å²) in [6.07, 6.45) is 0. The first kappa shape index (κ1) is 19.8. The molecule has 0 aromatic heterocycles. The molecule has 0 saturated carbocycles. The van der Waals surface area contributed by atoms with Gasteiger partial charge >= 0.3 is 0 Å². The highest BCUT2D eigenvalue weighted by Gasteiger charge is 2.36. The van der Waals surface area contributed by atoms with Gasteiger partial charge in [-0.3, -0.25) is 9.69 Å². The van der Waals surface area contributed by atoms with Crippen molar-refractivity contribution in [3.8, 4) is 5.75 Å². The second kappa shape index (κ2) is 7.96. The Hall–Kier alpha value is -1.95. The maximum absolute atomic E-state index is 13.2. The van der Waals surface area contributed by atoms with Crippen LogP contribution in [0, 0.1) is 0 Å². The van der Waals surface area contributed by atoms with Crippen LogP contribution >= 0.6 is 0 Å². The summed E-state index contributed by atoms with van der Waals surface area (Å²) >= 11 is 0. The van der Waals surface area contributed by atoms with E-state index >= 15 is 0 Å². The van der Waals surface area contributed by atoms with E-state index in [0.717, 1.165) is 18.8 Å². The van der Waals surface area contributed by atoms with Crippen LogP contribution in [0.4, 0.5) is 0 Å². The van der Waals surface area contributed by atoms with E-state index in [-0.39, 0.29) is 5.78 Å². The molecule has 3 rings (SSSR count). The van der Waals surface area contributed by atoms with Crippen molar-refractivity contribution in [1.29, 1.82) is 0 Å². The smallest absolute Gasteiger partial charge is 0.276 e. The fourth-order valence-corrected chi connectivity index (χ4v) is 5.34. The summed E-state index contributed by atoms with van der Waals surface area (Å²) in [6, 6.07) is 17.9. The highest BCUT2D eigenvalue weighted by molar-refractivity contribution is 6.84.